The normalized spacial score (nSPS) is 13.3. The van der Waals surface area contributed by atoms with Gasteiger partial charge in [0.15, 0.2) is 5.76 Å². The third-order valence-corrected chi connectivity index (χ3v) is 4.46. The van der Waals surface area contributed by atoms with E-state index < -0.39 is 0 Å². The van der Waals surface area contributed by atoms with Gasteiger partial charge in [-0.1, -0.05) is 55.8 Å². The molecule has 1 aromatic carbocycles. The number of benzene rings is 1. The van der Waals surface area contributed by atoms with Crippen LogP contribution >= 0.6 is 0 Å². The summed E-state index contributed by atoms with van der Waals surface area (Å²) in [6.45, 7) is 4.12. The molecular weight excluding hydrogens is 330 g/mol. The van der Waals surface area contributed by atoms with Crippen LogP contribution in [0.2, 0.25) is 0 Å². The third-order valence-electron chi connectivity index (χ3n) is 4.46. The molecule has 6 heteroatoms. The van der Waals surface area contributed by atoms with Crippen molar-refractivity contribution in [2.45, 2.75) is 39.2 Å². The highest BCUT2D eigenvalue weighted by atomic mass is 16.5. The fraction of sp³-hybridized carbons (Fsp3) is 0.350. The van der Waals surface area contributed by atoms with E-state index in [0.29, 0.717) is 30.3 Å². The van der Waals surface area contributed by atoms with Crippen molar-refractivity contribution in [1.82, 2.24) is 15.5 Å². The molecule has 2 heterocycles. The summed E-state index contributed by atoms with van der Waals surface area (Å²) in [5, 5.41) is 7.01. The van der Waals surface area contributed by atoms with Crippen LogP contribution in [0.5, 0.6) is 0 Å². The molecule has 3 aromatic rings. The Kier molecular flexibility index (Phi) is 5.84. The number of nitrogens with one attached hydrogen (secondary N) is 1. The van der Waals surface area contributed by atoms with Gasteiger partial charge in [0.1, 0.15) is 6.04 Å². The van der Waals surface area contributed by atoms with Crippen LogP contribution in [-0.4, -0.2) is 16.0 Å². The molecule has 0 spiro atoms. The fourth-order valence-corrected chi connectivity index (χ4v) is 2.70. The van der Waals surface area contributed by atoms with Crippen molar-refractivity contribution in [2.24, 2.45) is 5.92 Å². The Morgan fingerprint density at radius 1 is 1.19 bits per heavy atom. The number of rotatable bonds is 8. The number of aromatic nitrogens is 2. The predicted molar refractivity (Wildman–Crippen MR) is 97.1 cm³/mol. The SMILES string of the molecule is CC[C@H](C)[C@H](NC(=O)CCc1ccccc1)c1nc(-c2ccco2)no1. The summed E-state index contributed by atoms with van der Waals surface area (Å²) < 4.78 is 10.7. The number of hydrogen-bond donors (Lipinski definition) is 1. The highest BCUT2D eigenvalue weighted by molar-refractivity contribution is 5.76. The highest BCUT2D eigenvalue weighted by Crippen LogP contribution is 2.26. The van der Waals surface area contributed by atoms with Gasteiger partial charge < -0.3 is 14.3 Å². The summed E-state index contributed by atoms with van der Waals surface area (Å²) in [5.74, 6) is 1.46. The van der Waals surface area contributed by atoms with Crippen molar-refractivity contribution in [2.75, 3.05) is 0 Å². The molecule has 0 saturated carbocycles. The Labute approximate surface area is 152 Å². The van der Waals surface area contributed by atoms with Gasteiger partial charge in [-0.05, 0) is 30.0 Å². The predicted octanol–water partition coefficient (Wildman–Crippen LogP) is 4.17. The molecular formula is C20H23N3O3. The average Bonchev–Trinajstić information content (AvgIpc) is 3.36. The molecule has 2 atom stereocenters. The zero-order chi connectivity index (χ0) is 18.4. The van der Waals surface area contributed by atoms with Gasteiger partial charge in [0.2, 0.25) is 17.6 Å². The monoisotopic (exact) mass is 353 g/mol. The largest absolute Gasteiger partial charge is 0.461 e. The lowest BCUT2D eigenvalue weighted by molar-refractivity contribution is -0.122. The lowest BCUT2D eigenvalue weighted by Crippen LogP contribution is -2.32. The summed E-state index contributed by atoms with van der Waals surface area (Å²) >= 11 is 0. The van der Waals surface area contributed by atoms with E-state index in [1.54, 1.807) is 18.4 Å². The minimum atomic E-state index is -0.320. The van der Waals surface area contributed by atoms with Crippen molar-refractivity contribution in [3.63, 3.8) is 0 Å². The van der Waals surface area contributed by atoms with Crippen molar-refractivity contribution in [3.8, 4) is 11.6 Å². The first-order valence-corrected chi connectivity index (χ1v) is 8.88. The van der Waals surface area contributed by atoms with E-state index in [9.17, 15) is 4.79 Å². The molecule has 0 saturated heterocycles. The topological polar surface area (TPSA) is 81.2 Å². The van der Waals surface area contributed by atoms with Gasteiger partial charge in [0.05, 0.1) is 6.26 Å². The average molecular weight is 353 g/mol. The van der Waals surface area contributed by atoms with Gasteiger partial charge in [-0.3, -0.25) is 4.79 Å². The maximum Gasteiger partial charge on any atom is 0.249 e. The second kappa shape index (κ2) is 8.47. The van der Waals surface area contributed by atoms with Crippen LogP contribution in [-0.2, 0) is 11.2 Å². The van der Waals surface area contributed by atoms with E-state index in [1.165, 1.54) is 0 Å². The summed E-state index contributed by atoms with van der Waals surface area (Å²) in [6.07, 6.45) is 3.54. The lowest BCUT2D eigenvalue weighted by Gasteiger charge is -2.20. The van der Waals surface area contributed by atoms with Crippen LogP contribution in [0.4, 0.5) is 0 Å². The number of aryl methyl sites for hydroxylation is 1. The molecule has 1 amide bonds. The van der Waals surface area contributed by atoms with Crippen LogP contribution in [0, 0.1) is 5.92 Å². The Hall–Kier alpha value is -2.89. The Morgan fingerprint density at radius 3 is 2.69 bits per heavy atom. The molecule has 0 fully saturated rings. The van der Waals surface area contributed by atoms with E-state index >= 15 is 0 Å². The van der Waals surface area contributed by atoms with Crippen LogP contribution in [0.3, 0.4) is 0 Å². The van der Waals surface area contributed by atoms with Crippen LogP contribution in [0.1, 0.15) is 44.2 Å². The summed E-state index contributed by atoms with van der Waals surface area (Å²) in [5.41, 5.74) is 1.14. The second-order valence-corrected chi connectivity index (χ2v) is 6.35. The van der Waals surface area contributed by atoms with E-state index in [4.69, 9.17) is 8.94 Å². The van der Waals surface area contributed by atoms with Gasteiger partial charge in [0.25, 0.3) is 0 Å². The van der Waals surface area contributed by atoms with Gasteiger partial charge >= 0.3 is 0 Å². The van der Waals surface area contributed by atoms with Gasteiger partial charge in [-0.2, -0.15) is 4.98 Å². The van der Waals surface area contributed by atoms with Gasteiger partial charge in [-0.15, -0.1) is 0 Å². The second-order valence-electron chi connectivity index (χ2n) is 6.35. The molecule has 6 nitrogen and oxygen atoms in total. The fourth-order valence-electron chi connectivity index (χ4n) is 2.70. The number of furan rings is 1. The molecule has 2 aromatic heterocycles. The molecule has 0 aliphatic carbocycles. The van der Waals surface area contributed by atoms with Crippen LogP contribution in [0.25, 0.3) is 11.6 Å². The quantitative estimate of drug-likeness (QED) is 0.657. The van der Waals surface area contributed by atoms with Crippen molar-refractivity contribution in [3.05, 3.63) is 60.2 Å². The third kappa shape index (κ3) is 4.39. The summed E-state index contributed by atoms with van der Waals surface area (Å²) in [7, 11) is 0. The Morgan fingerprint density at radius 2 is 2.00 bits per heavy atom. The summed E-state index contributed by atoms with van der Waals surface area (Å²) in [4.78, 5) is 16.8. The van der Waals surface area contributed by atoms with Crippen molar-refractivity contribution >= 4 is 5.91 Å². The molecule has 1 N–H and O–H groups in total. The van der Waals surface area contributed by atoms with Crippen molar-refractivity contribution < 1.29 is 13.7 Å². The molecule has 0 aliphatic rings. The summed E-state index contributed by atoms with van der Waals surface area (Å²) in [6, 6.07) is 13.2. The minimum Gasteiger partial charge on any atom is -0.461 e. The molecule has 0 radical (unpaired) electrons. The molecule has 3 rings (SSSR count). The molecule has 26 heavy (non-hydrogen) atoms. The van der Waals surface area contributed by atoms with Gasteiger partial charge in [-0.25, -0.2) is 0 Å². The first-order chi connectivity index (χ1) is 12.7. The maximum absolute atomic E-state index is 12.4. The molecule has 0 unspecified atom stereocenters. The highest BCUT2D eigenvalue weighted by Gasteiger charge is 2.26. The first-order valence-electron chi connectivity index (χ1n) is 8.88. The molecule has 0 aliphatic heterocycles. The van der Waals surface area contributed by atoms with E-state index in [1.807, 2.05) is 30.3 Å². The van der Waals surface area contributed by atoms with Gasteiger partial charge in [0, 0.05) is 6.42 Å². The Balaban J connectivity index is 1.67. The number of carbonyl (C=O) groups excluding carboxylic acids is 1. The van der Waals surface area contributed by atoms with E-state index in [0.717, 1.165) is 12.0 Å². The van der Waals surface area contributed by atoms with Crippen LogP contribution < -0.4 is 5.32 Å². The zero-order valence-corrected chi connectivity index (χ0v) is 15.0. The van der Waals surface area contributed by atoms with E-state index in [2.05, 4.69) is 29.3 Å². The lowest BCUT2D eigenvalue weighted by atomic mass is 9.98. The zero-order valence-electron chi connectivity index (χ0n) is 15.0. The smallest absolute Gasteiger partial charge is 0.249 e. The first kappa shape index (κ1) is 17.9. The maximum atomic E-state index is 12.4. The number of nitrogens with zero attached hydrogens (tertiary/aromatic N) is 2. The van der Waals surface area contributed by atoms with Crippen LogP contribution in [0.15, 0.2) is 57.7 Å². The molecule has 0 bridgehead atoms. The number of carbonyl (C=O) groups is 1. The standard InChI is InChI=1S/C20H23N3O3/c1-3-14(2)18(20-22-19(23-26-20)16-10-7-13-25-16)21-17(24)12-11-15-8-5-4-6-9-15/h4-10,13-14,18H,3,11-12H2,1-2H3,(H,21,24)/t14-,18-/m0/s1. The van der Waals surface area contributed by atoms with E-state index in [-0.39, 0.29) is 17.9 Å². The number of amides is 1. The van der Waals surface area contributed by atoms with Crippen molar-refractivity contribution in [1.29, 1.82) is 0 Å². The minimum absolute atomic E-state index is 0.0306. The number of hydrogen-bond acceptors (Lipinski definition) is 5. The molecule has 136 valence electrons. The Bertz CT molecular complexity index is 812.